The van der Waals surface area contributed by atoms with E-state index < -0.39 is 34.6 Å². The molecule has 2 bridgehead atoms. The Morgan fingerprint density at radius 2 is 2.13 bits per heavy atom. The van der Waals surface area contributed by atoms with E-state index in [-0.39, 0.29) is 28.5 Å². The van der Waals surface area contributed by atoms with Crippen molar-refractivity contribution >= 4 is 45.5 Å². The Labute approximate surface area is 196 Å². The van der Waals surface area contributed by atoms with Crippen molar-refractivity contribution in [2.75, 3.05) is 19.7 Å². The van der Waals surface area contributed by atoms with Gasteiger partial charge in [0.25, 0.3) is 0 Å². The lowest BCUT2D eigenvalue weighted by atomic mass is 9.71. The summed E-state index contributed by atoms with van der Waals surface area (Å²) < 4.78 is -0.789. The van der Waals surface area contributed by atoms with E-state index in [0.29, 0.717) is 25.9 Å². The minimum absolute atomic E-state index is 0.0694. The van der Waals surface area contributed by atoms with Crippen LogP contribution < -0.4 is 0 Å². The maximum Gasteiger partial charge on any atom is 0.308 e. The van der Waals surface area contributed by atoms with Crippen LogP contribution in [0.5, 0.6) is 0 Å². The summed E-state index contributed by atoms with van der Waals surface area (Å²) in [6, 6.07) is -1.28. The van der Waals surface area contributed by atoms with E-state index in [0.717, 1.165) is 19.3 Å². The molecule has 0 aromatic rings. The molecule has 3 aliphatic heterocycles. The molecule has 7 atom stereocenters. The maximum atomic E-state index is 14.0. The highest BCUT2D eigenvalue weighted by Crippen LogP contribution is 2.68. The second-order valence-corrected chi connectivity index (χ2v) is 11.5. The molecule has 0 aromatic carbocycles. The average molecular weight is 517 g/mol. The van der Waals surface area contributed by atoms with Gasteiger partial charge in [-0.25, -0.2) is 0 Å². The van der Waals surface area contributed by atoms with Crippen LogP contribution in [0.2, 0.25) is 0 Å². The standard InChI is InChI=1S/C22H33BrN2O5S/c1-4-7-8-10-24(9-5-2)20(28)18-22-11-14(23)17(31-22)15(21(29)30)16(22)19(27)25(18)13(6-3)12-26/h5,13-18,26H,2,4,6-12H2,1,3H3,(H,29,30)/t13-,14?,15+,16-,17+,18?,22?/m0/s1. The Morgan fingerprint density at radius 1 is 1.42 bits per heavy atom. The number of likely N-dealkylation sites (tertiary alicyclic amines) is 1. The first-order chi connectivity index (χ1) is 14.8. The zero-order valence-electron chi connectivity index (χ0n) is 18.2. The lowest BCUT2D eigenvalue weighted by molar-refractivity contribution is -0.149. The monoisotopic (exact) mass is 516 g/mol. The molecule has 174 valence electrons. The van der Waals surface area contributed by atoms with Crippen LogP contribution in [0.25, 0.3) is 0 Å². The number of aliphatic carboxylic acids is 1. The number of carboxylic acid groups (broad SMARTS) is 1. The SMILES string of the molecule is C=CCN(CCCCC)C(=O)C1N([C@@H](CC)CO)C(=O)[C@@H]2[C@@H](C(=O)O)[C@@H]3SC12CC3Br. The van der Waals surface area contributed by atoms with Gasteiger partial charge in [-0.15, -0.1) is 18.3 Å². The third-order valence-electron chi connectivity index (χ3n) is 7.01. The minimum Gasteiger partial charge on any atom is -0.481 e. The first kappa shape index (κ1) is 24.6. The Balaban J connectivity index is 2.05. The molecular weight excluding hydrogens is 484 g/mol. The van der Waals surface area contributed by atoms with Crippen molar-refractivity contribution in [2.45, 2.75) is 72.9 Å². The van der Waals surface area contributed by atoms with Gasteiger partial charge in [0.15, 0.2) is 0 Å². The highest BCUT2D eigenvalue weighted by Gasteiger charge is 2.76. The highest BCUT2D eigenvalue weighted by atomic mass is 79.9. The molecule has 3 aliphatic rings. The van der Waals surface area contributed by atoms with Crippen molar-refractivity contribution < 1.29 is 24.6 Å². The normalized spacial score (nSPS) is 34.6. The van der Waals surface area contributed by atoms with Gasteiger partial charge in [0.05, 0.1) is 29.2 Å². The summed E-state index contributed by atoms with van der Waals surface area (Å²) in [5, 5.41) is 19.7. The summed E-state index contributed by atoms with van der Waals surface area (Å²) in [6.07, 6.45) is 5.64. The minimum atomic E-state index is -0.988. The van der Waals surface area contributed by atoms with Crippen LogP contribution in [0.15, 0.2) is 12.7 Å². The second kappa shape index (κ2) is 9.83. The Hall–Kier alpha value is -1.06. The van der Waals surface area contributed by atoms with Crippen molar-refractivity contribution in [3.63, 3.8) is 0 Å². The summed E-state index contributed by atoms with van der Waals surface area (Å²) in [7, 11) is 0. The summed E-state index contributed by atoms with van der Waals surface area (Å²) in [4.78, 5) is 43.0. The van der Waals surface area contributed by atoms with Crippen molar-refractivity contribution in [2.24, 2.45) is 11.8 Å². The molecule has 3 unspecified atom stereocenters. The molecule has 0 radical (unpaired) electrons. The molecule has 0 saturated carbocycles. The van der Waals surface area contributed by atoms with Gasteiger partial charge in [-0.05, 0) is 19.3 Å². The lowest BCUT2D eigenvalue weighted by Gasteiger charge is -2.39. The van der Waals surface area contributed by atoms with Crippen molar-refractivity contribution in [1.29, 1.82) is 0 Å². The Kier molecular flexibility index (Phi) is 7.79. The van der Waals surface area contributed by atoms with E-state index >= 15 is 0 Å². The number of amides is 2. The molecule has 31 heavy (non-hydrogen) atoms. The van der Waals surface area contributed by atoms with E-state index in [2.05, 4.69) is 29.4 Å². The smallest absolute Gasteiger partial charge is 0.308 e. The number of rotatable bonds is 11. The molecule has 3 fully saturated rings. The molecule has 3 saturated heterocycles. The van der Waals surface area contributed by atoms with Gasteiger partial charge in [-0.3, -0.25) is 14.4 Å². The number of fused-ring (bicyclic) bond motifs is 1. The van der Waals surface area contributed by atoms with Crippen LogP contribution in [0.3, 0.4) is 0 Å². The first-order valence-corrected chi connectivity index (χ1v) is 13.0. The third-order valence-corrected chi connectivity index (χ3v) is 10.2. The number of hydrogen-bond acceptors (Lipinski definition) is 5. The number of carboxylic acids is 1. The number of carbonyl (C=O) groups excluding carboxylic acids is 2. The zero-order chi connectivity index (χ0) is 22.9. The summed E-state index contributed by atoms with van der Waals surface area (Å²) >= 11 is 5.13. The topological polar surface area (TPSA) is 98.2 Å². The highest BCUT2D eigenvalue weighted by molar-refractivity contribution is 9.09. The van der Waals surface area contributed by atoms with E-state index in [1.807, 2.05) is 6.92 Å². The average Bonchev–Trinajstić information content (AvgIpc) is 3.32. The van der Waals surface area contributed by atoms with Crippen molar-refractivity contribution in [3.05, 3.63) is 12.7 Å². The van der Waals surface area contributed by atoms with E-state index in [1.165, 1.54) is 16.7 Å². The molecule has 2 N–H and O–H groups in total. The number of aliphatic hydroxyl groups excluding tert-OH is 1. The molecule has 3 heterocycles. The van der Waals surface area contributed by atoms with Crippen LogP contribution >= 0.6 is 27.7 Å². The number of halogens is 1. The third kappa shape index (κ3) is 3.95. The quantitative estimate of drug-likeness (QED) is 0.248. The van der Waals surface area contributed by atoms with Gasteiger partial charge in [0, 0.05) is 23.2 Å². The predicted molar refractivity (Wildman–Crippen MR) is 124 cm³/mol. The predicted octanol–water partition coefficient (Wildman–Crippen LogP) is 2.51. The van der Waals surface area contributed by atoms with Gasteiger partial charge >= 0.3 is 5.97 Å². The van der Waals surface area contributed by atoms with Crippen molar-refractivity contribution in [3.8, 4) is 0 Å². The number of thioether (sulfide) groups is 1. The lowest BCUT2D eigenvalue weighted by Crippen LogP contribution is -2.57. The molecule has 7 nitrogen and oxygen atoms in total. The van der Waals surface area contributed by atoms with Crippen LogP contribution in [0.4, 0.5) is 0 Å². The molecule has 0 aromatic heterocycles. The van der Waals surface area contributed by atoms with E-state index in [1.54, 1.807) is 11.0 Å². The van der Waals surface area contributed by atoms with Gasteiger partial charge in [-0.2, -0.15) is 0 Å². The van der Waals surface area contributed by atoms with Crippen LogP contribution in [0, 0.1) is 11.8 Å². The zero-order valence-corrected chi connectivity index (χ0v) is 20.6. The number of aliphatic hydroxyl groups is 1. The number of unbranched alkanes of at least 4 members (excludes halogenated alkanes) is 2. The number of alkyl halides is 1. The first-order valence-electron chi connectivity index (χ1n) is 11.2. The number of nitrogens with zero attached hydrogens (tertiary/aromatic N) is 2. The molecule has 9 heteroatoms. The Bertz CT molecular complexity index is 733. The van der Waals surface area contributed by atoms with Gasteiger partial charge in [-0.1, -0.05) is 48.7 Å². The van der Waals surface area contributed by atoms with Crippen molar-refractivity contribution in [1.82, 2.24) is 9.80 Å². The molecule has 0 aliphatic carbocycles. The molecule has 2 amide bonds. The second-order valence-electron chi connectivity index (χ2n) is 8.77. The molecular formula is C22H33BrN2O5S. The fourth-order valence-electron chi connectivity index (χ4n) is 5.61. The van der Waals surface area contributed by atoms with Gasteiger partial charge in [0.2, 0.25) is 11.8 Å². The summed E-state index contributed by atoms with van der Waals surface area (Å²) in [6.45, 7) is 8.46. The van der Waals surface area contributed by atoms with E-state index in [9.17, 15) is 24.6 Å². The molecule has 3 rings (SSSR count). The fourth-order valence-corrected chi connectivity index (χ4v) is 9.20. The Morgan fingerprint density at radius 3 is 2.68 bits per heavy atom. The maximum absolute atomic E-state index is 14.0. The fraction of sp³-hybridized carbons (Fsp3) is 0.773. The summed E-state index contributed by atoms with van der Waals surface area (Å²) in [5.41, 5.74) is 0. The van der Waals surface area contributed by atoms with Gasteiger partial charge < -0.3 is 20.0 Å². The van der Waals surface area contributed by atoms with Crippen LogP contribution in [-0.4, -0.2) is 84.4 Å². The molecule has 1 spiro atoms. The number of carbonyl (C=O) groups is 3. The van der Waals surface area contributed by atoms with Gasteiger partial charge in [0.1, 0.15) is 6.04 Å². The number of hydrogen-bond donors (Lipinski definition) is 2. The largest absolute Gasteiger partial charge is 0.481 e. The van der Waals surface area contributed by atoms with Crippen LogP contribution in [-0.2, 0) is 14.4 Å². The summed E-state index contributed by atoms with van der Waals surface area (Å²) in [5.74, 6) is -3.02. The van der Waals surface area contributed by atoms with E-state index in [4.69, 9.17) is 0 Å². The van der Waals surface area contributed by atoms with Crippen LogP contribution in [0.1, 0.15) is 46.0 Å².